The van der Waals surface area contributed by atoms with Gasteiger partial charge in [-0.05, 0) is 30.2 Å². The summed E-state index contributed by atoms with van der Waals surface area (Å²) in [6.07, 6.45) is -5.21. The zero-order chi connectivity index (χ0) is 15.5. The number of piperazine rings is 1. The van der Waals surface area contributed by atoms with Crippen LogP contribution in [0.25, 0.3) is 0 Å². The number of nitrogens with zero attached hydrogens (tertiary/aromatic N) is 1. The van der Waals surface area contributed by atoms with E-state index in [4.69, 9.17) is 11.6 Å². The Kier molecular flexibility index (Phi) is 9.77. The van der Waals surface area contributed by atoms with Crippen LogP contribution in [0.1, 0.15) is 24.4 Å². The van der Waals surface area contributed by atoms with Crippen LogP contribution in [0.3, 0.4) is 0 Å². The van der Waals surface area contributed by atoms with Crippen molar-refractivity contribution in [1.29, 1.82) is 0 Å². The van der Waals surface area contributed by atoms with Gasteiger partial charge in [0.25, 0.3) is 0 Å². The fraction of sp³-hybridized carbons (Fsp3) is 0.571. The number of benzene rings is 1. The molecule has 1 fully saturated rings. The highest BCUT2D eigenvalue weighted by molar-refractivity contribution is 6.30. The summed E-state index contributed by atoms with van der Waals surface area (Å²) in [5, 5.41) is 3.36. The number of nitrogens with one attached hydrogen (secondary N) is 1. The van der Waals surface area contributed by atoms with E-state index in [9.17, 15) is 17.6 Å². The first-order valence-electron chi connectivity index (χ1n) is 6.83. The summed E-state index contributed by atoms with van der Waals surface area (Å²) in [6, 6.07) is 3.51. The van der Waals surface area contributed by atoms with Crippen molar-refractivity contribution in [3.63, 3.8) is 0 Å². The molecule has 0 saturated carbocycles. The molecule has 1 aliphatic rings. The Morgan fingerprint density at radius 1 is 1.13 bits per heavy atom. The zero-order valence-corrected chi connectivity index (χ0v) is 14.6. The quantitative estimate of drug-likeness (QED) is 0.746. The second-order valence-corrected chi connectivity index (χ2v) is 5.59. The molecule has 1 atom stereocenters. The standard InChI is InChI=1S/C14H17ClF4N2.2ClH/c15-11-7-10(8-12(16)9-11)13(1-2-14(17,18)19)21-5-3-20-4-6-21;;/h7-9,13,20H,1-6H2;2*1H/t13-;;/m1../s1. The van der Waals surface area contributed by atoms with E-state index in [1.165, 1.54) is 6.07 Å². The van der Waals surface area contributed by atoms with Crippen LogP contribution in [0.5, 0.6) is 0 Å². The predicted molar refractivity (Wildman–Crippen MR) is 88.4 cm³/mol. The van der Waals surface area contributed by atoms with Crippen molar-refractivity contribution < 1.29 is 17.6 Å². The molecule has 2 rings (SSSR count). The summed E-state index contributed by atoms with van der Waals surface area (Å²) < 4.78 is 51.1. The van der Waals surface area contributed by atoms with Crippen LogP contribution in [0.2, 0.25) is 5.02 Å². The largest absolute Gasteiger partial charge is 0.389 e. The van der Waals surface area contributed by atoms with E-state index in [0.717, 1.165) is 6.07 Å². The zero-order valence-electron chi connectivity index (χ0n) is 12.2. The SMILES string of the molecule is Cl.Cl.Fc1cc(Cl)cc([C@@H](CCC(F)(F)F)N2CCNCC2)c1. The second kappa shape index (κ2) is 9.89. The molecular formula is C14H19Cl3F4N2. The minimum absolute atomic E-state index is 0. The van der Waals surface area contributed by atoms with Crippen molar-refractivity contribution in [2.45, 2.75) is 25.1 Å². The molecule has 0 aromatic heterocycles. The highest BCUT2D eigenvalue weighted by atomic mass is 35.5. The molecule has 0 spiro atoms. The Morgan fingerprint density at radius 2 is 1.74 bits per heavy atom. The van der Waals surface area contributed by atoms with Crippen LogP contribution in [0, 0.1) is 5.82 Å². The van der Waals surface area contributed by atoms with Crippen molar-refractivity contribution in [3.8, 4) is 0 Å². The number of rotatable bonds is 4. The Hall–Kier alpha value is -0.270. The fourth-order valence-electron chi connectivity index (χ4n) is 2.62. The summed E-state index contributed by atoms with van der Waals surface area (Å²) in [4.78, 5) is 1.95. The van der Waals surface area contributed by atoms with Crippen LogP contribution in [0.4, 0.5) is 17.6 Å². The Morgan fingerprint density at radius 3 is 2.26 bits per heavy atom. The summed E-state index contributed by atoms with van der Waals surface area (Å²) in [5.41, 5.74) is 0.506. The first-order chi connectivity index (χ1) is 9.85. The van der Waals surface area contributed by atoms with Gasteiger partial charge in [0.1, 0.15) is 5.82 Å². The van der Waals surface area contributed by atoms with E-state index in [-0.39, 0.29) is 36.3 Å². The van der Waals surface area contributed by atoms with Crippen LogP contribution < -0.4 is 5.32 Å². The smallest absolute Gasteiger partial charge is 0.314 e. The first kappa shape index (κ1) is 22.7. The molecule has 23 heavy (non-hydrogen) atoms. The lowest BCUT2D eigenvalue weighted by atomic mass is 9.99. The Balaban J connectivity index is 0.00000242. The number of halogens is 7. The van der Waals surface area contributed by atoms with Crippen LogP contribution in [-0.2, 0) is 0 Å². The average molecular weight is 398 g/mol. The fourth-order valence-corrected chi connectivity index (χ4v) is 2.85. The average Bonchev–Trinajstić information content (AvgIpc) is 2.37. The van der Waals surface area contributed by atoms with Gasteiger partial charge in [0.15, 0.2) is 0 Å². The first-order valence-corrected chi connectivity index (χ1v) is 7.20. The van der Waals surface area contributed by atoms with E-state index in [1.54, 1.807) is 6.07 Å². The van der Waals surface area contributed by atoms with E-state index in [2.05, 4.69) is 5.32 Å². The summed E-state index contributed by atoms with van der Waals surface area (Å²) in [7, 11) is 0. The number of alkyl halides is 3. The summed E-state index contributed by atoms with van der Waals surface area (Å²) in [6.45, 7) is 2.70. The number of hydrogen-bond donors (Lipinski definition) is 1. The van der Waals surface area contributed by atoms with E-state index in [0.29, 0.717) is 31.7 Å². The monoisotopic (exact) mass is 396 g/mol. The molecule has 1 N–H and O–H groups in total. The van der Waals surface area contributed by atoms with Crippen molar-refractivity contribution in [2.24, 2.45) is 0 Å². The van der Waals surface area contributed by atoms with Gasteiger partial charge < -0.3 is 5.32 Å². The molecule has 0 bridgehead atoms. The van der Waals surface area contributed by atoms with Crippen molar-refractivity contribution in [3.05, 3.63) is 34.6 Å². The lowest BCUT2D eigenvalue weighted by molar-refractivity contribution is -0.138. The maximum atomic E-state index is 13.5. The minimum Gasteiger partial charge on any atom is -0.314 e. The van der Waals surface area contributed by atoms with Gasteiger partial charge >= 0.3 is 6.18 Å². The third kappa shape index (κ3) is 7.44. The van der Waals surface area contributed by atoms with Crippen molar-refractivity contribution >= 4 is 36.4 Å². The molecule has 0 aliphatic carbocycles. The molecule has 1 aliphatic heterocycles. The molecule has 1 saturated heterocycles. The molecule has 1 heterocycles. The maximum absolute atomic E-state index is 13.5. The molecule has 0 amide bonds. The van der Waals surface area contributed by atoms with Crippen molar-refractivity contribution in [1.82, 2.24) is 10.2 Å². The van der Waals surface area contributed by atoms with Crippen molar-refractivity contribution in [2.75, 3.05) is 26.2 Å². The van der Waals surface area contributed by atoms with Gasteiger partial charge in [-0.25, -0.2) is 4.39 Å². The molecular weight excluding hydrogens is 379 g/mol. The van der Waals surface area contributed by atoms with E-state index < -0.39 is 24.5 Å². The molecule has 1 aromatic carbocycles. The highest BCUT2D eigenvalue weighted by Gasteiger charge is 2.31. The van der Waals surface area contributed by atoms with Gasteiger partial charge in [0.2, 0.25) is 0 Å². The van der Waals surface area contributed by atoms with Crippen LogP contribution in [0.15, 0.2) is 18.2 Å². The van der Waals surface area contributed by atoms with Gasteiger partial charge in [-0.15, -0.1) is 24.8 Å². The van der Waals surface area contributed by atoms with E-state index >= 15 is 0 Å². The highest BCUT2D eigenvalue weighted by Crippen LogP contribution is 2.33. The molecule has 134 valence electrons. The Bertz CT molecular complexity index is 459. The summed E-state index contributed by atoms with van der Waals surface area (Å²) in [5.74, 6) is -0.523. The van der Waals surface area contributed by atoms with Crippen LogP contribution >= 0.6 is 36.4 Å². The summed E-state index contributed by atoms with van der Waals surface area (Å²) >= 11 is 5.83. The van der Waals surface area contributed by atoms with Gasteiger partial charge in [0.05, 0.1) is 0 Å². The lowest BCUT2D eigenvalue weighted by Gasteiger charge is -2.35. The van der Waals surface area contributed by atoms with Gasteiger partial charge in [-0.1, -0.05) is 11.6 Å². The molecule has 1 aromatic rings. The molecule has 0 radical (unpaired) electrons. The minimum atomic E-state index is -4.22. The molecule has 9 heteroatoms. The predicted octanol–water partition coefficient (Wildman–Crippen LogP) is 4.61. The topological polar surface area (TPSA) is 15.3 Å². The Labute approximate surface area is 150 Å². The third-order valence-corrected chi connectivity index (χ3v) is 3.78. The second-order valence-electron chi connectivity index (χ2n) is 5.16. The van der Waals surface area contributed by atoms with E-state index in [1.807, 2.05) is 4.90 Å². The number of hydrogen-bond acceptors (Lipinski definition) is 2. The van der Waals surface area contributed by atoms with Gasteiger partial charge in [-0.2, -0.15) is 13.2 Å². The third-order valence-electron chi connectivity index (χ3n) is 3.56. The lowest BCUT2D eigenvalue weighted by Crippen LogP contribution is -2.45. The van der Waals surface area contributed by atoms with Gasteiger partial charge in [-0.3, -0.25) is 4.90 Å². The molecule has 0 unspecified atom stereocenters. The molecule has 2 nitrogen and oxygen atoms in total. The maximum Gasteiger partial charge on any atom is 0.389 e. The normalized spacial score (nSPS) is 17.1. The van der Waals surface area contributed by atoms with Gasteiger partial charge in [0, 0.05) is 43.7 Å². The van der Waals surface area contributed by atoms with Crippen LogP contribution in [-0.4, -0.2) is 37.3 Å².